The van der Waals surface area contributed by atoms with E-state index in [0.29, 0.717) is 0 Å². The molecular weight excluding hydrogens is 276 g/mol. The Hall–Kier alpha value is -1.55. The summed E-state index contributed by atoms with van der Waals surface area (Å²) in [5.74, 6) is -0.0537. The molecule has 0 aromatic heterocycles. The van der Waals surface area contributed by atoms with Crippen LogP contribution in [0.2, 0.25) is 0 Å². The van der Waals surface area contributed by atoms with Crippen LogP contribution in [0.3, 0.4) is 0 Å². The predicted octanol–water partition coefficient (Wildman–Crippen LogP) is 2.27. The van der Waals surface area contributed by atoms with Crippen LogP contribution in [0.5, 0.6) is 0 Å². The smallest absolute Gasteiger partial charge is 0.228 e. The Balaban J connectivity index is 1.65. The van der Waals surface area contributed by atoms with Crippen molar-refractivity contribution in [3.05, 3.63) is 30.3 Å². The number of piperidine rings is 1. The largest absolute Gasteiger partial charge is 0.392 e. The number of rotatable bonds is 3. The van der Waals surface area contributed by atoms with Crippen LogP contribution in [0.4, 0.5) is 5.69 Å². The maximum absolute atomic E-state index is 12.6. The Morgan fingerprint density at radius 3 is 2.64 bits per heavy atom. The maximum atomic E-state index is 12.6. The quantitative estimate of drug-likeness (QED) is 0.931. The summed E-state index contributed by atoms with van der Waals surface area (Å²) < 4.78 is 0. The summed E-state index contributed by atoms with van der Waals surface area (Å²) in [5, 5.41) is 9.98. The highest BCUT2D eigenvalue weighted by molar-refractivity contribution is 5.80. The van der Waals surface area contributed by atoms with Crippen LogP contribution >= 0.6 is 0 Å². The van der Waals surface area contributed by atoms with Gasteiger partial charge >= 0.3 is 0 Å². The van der Waals surface area contributed by atoms with Gasteiger partial charge < -0.3 is 14.9 Å². The van der Waals surface area contributed by atoms with Crippen molar-refractivity contribution in [3.63, 3.8) is 0 Å². The van der Waals surface area contributed by atoms with Crippen molar-refractivity contribution < 1.29 is 9.90 Å². The topological polar surface area (TPSA) is 43.8 Å². The molecule has 2 fully saturated rings. The molecule has 1 amide bonds. The molecule has 1 saturated carbocycles. The number of anilines is 1. The number of aliphatic hydroxyl groups is 1. The summed E-state index contributed by atoms with van der Waals surface area (Å²) in [7, 11) is 1.91. The number of hydrogen-bond acceptors (Lipinski definition) is 3. The molecule has 0 radical (unpaired) electrons. The summed E-state index contributed by atoms with van der Waals surface area (Å²) in [6.07, 6.45) is 4.28. The van der Waals surface area contributed by atoms with Gasteiger partial charge in [0.1, 0.15) is 0 Å². The minimum absolute atomic E-state index is 0.130. The van der Waals surface area contributed by atoms with Gasteiger partial charge in [0, 0.05) is 31.9 Å². The van der Waals surface area contributed by atoms with Crippen LogP contribution < -0.4 is 4.90 Å². The minimum Gasteiger partial charge on any atom is -0.392 e. The van der Waals surface area contributed by atoms with E-state index in [9.17, 15) is 9.90 Å². The molecule has 3 rings (SSSR count). The first-order chi connectivity index (χ1) is 10.7. The molecule has 0 bridgehead atoms. The van der Waals surface area contributed by atoms with Gasteiger partial charge in [-0.2, -0.15) is 0 Å². The number of amides is 1. The summed E-state index contributed by atoms with van der Waals surface area (Å²) >= 11 is 0. The molecule has 1 aliphatic heterocycles. The van der Waals surface area contributed by atoms with Crippen LogP contribution in [-0.2, 0) is 4.79 Å². The van der Waals surface area contributed by atoms with Gasteiger partial charge in [-0.15, -0.1) is 0 Å². The molecule has 1 saturated heterocycles. The van der Waals surface area contributed by atoms with Gasteiger partial charge in [-0.1, -0.05) is 18.2 Å². The molecule has 22 heavy (non-hydrogen) atoms. The predicted molar refractivity (Wildman–Crippen MR) is 87.8 cm³/mol. The zero-order chi connectivity index (χ0) is 15.5. The summed E-state index contributed by atoms with van der Waals surface area (Å²) in [4.78, 5) is 16.9. The number of aliphatic hydroxyl groups excluding tert-OH is 1. The molecule has 3 atom stereocenters. The van der Waals surface area contributed by atoms with E-state index in [1.54, 1.807) is 0 Å². The van der Waals surface area contributed by atoms with Crippen molar-refractivity contribution in [2.24, 2.45) is 5.92 Å². The fourth-order valence-electron chi connectivity index (χ4n) is 3.81. The van der Waals surface area contributed by atoms with Crippen molar-refractivity contribution in [1.29, 1.82) is 0 Å². The second-order valence-corrected chi connectivity index (χ2v) is 6.63. The van der Waals surface area contributed by atoms with Gasteiger partial charge in [0.25, 0.3) is 0 Å². The van der Waals surface area contributed by atoms with E-state index in [1.807, 2.05) is 18.0 Å². The molecule has 1 N–H and O–H groups in total. The lowest BCUT2D eigenvalue weighted by molar-refractivity contribution is -0.139. The van der Waals surface area contributed by atoms with Crippen molar-refractivity contribution >= 4 is 11.6 Å². The van der Waals surface area contributed by atoms with Crippen molar-refractivity contribution in [3.8, 4) is 0 Å². The van der Waals surface area contributed by atoms with Gasteiger partial charge in [-0.3, -0.25) is 4.79 Å². The highest BCUT2D eigenvalue weighted by atomic mass is 16.3. The fraction of sp³-hybridized carbons (Fsp3) is 0.611. The number of nitrogens with zero attached hydrogens (tertiary/aromatic N) is 2. The summed E-state index contributed by atoms with van der Waals surface area (Å²) in [6.45, 7) is 1.93. The Morgan fingerprint density at radius 2 is 1.95 bits per heavy atom. The Labute approximate surface area is 132 Å². The van der Waals surface area contributed by atoms with Gasteiger partial charge in [0.15, 0.2) is 0 Å². The molecule has 0 spiro atoms. The highest BCUT2D eigenvalue weighted by Crippen LogP contribution is 2.29. The number of hydrogen-bond donors (Lipinski definition) is 1. The monoisotopic (exact) mass is 302 g/mol. The molecule has 1 aromatic carbocycles. The van der Waals surface area contributed by atoms with Crippen molar-refractivity contribution in [2.75, 3.05) is 25.0 Å². The number of para-hydroxylation sites is 1. The Kier molecular flexibility index (Phi) is 4.67. The number of carbonyl (C=O) groups is 1. The lowest BCUT2D eigenvalue weighted by Gasteiger charge is -2.39. The van der Waals surface area contributed by atoms with E-state index in [4.69, 9.17) is 0 Å². The summed E-state index contributed by atoms with van der Waals surface area (Å²) in [6, 6.07) is 10.7. The van der Waals surface area contributed by atoms with Crippen LogP contribution in [-0.4, -0.2) is 48.2 Å². The first-order valence-corrected chi connectivity index (χ1v) is 8.41. The number of carbonyl (C=O) groups excluding carboxylic acids is 1. The van der Waals surface area contributed by atoms with Crippen LogP contribution in [0.1, 0.15) is 32.1 Å². The first-order valence-electron chi connectivity index (χ1n) is 8.41. The Morgan fingerprint density at radius 1 is 1.18 bits per heavy atom. The van der Waals surface area contributed by atoms with Crippen molar-refractivity contribution in [2.45, 2.75) is 44.2 Å². The normalized spacial score (nSPS) is 28.6. The lowest BCUT2D eigenvalue weighted by Crippen LogP contribution is -2.50. The third-order valence-corrected chi connectivity index (χ3v) is 5.21. The van der Waals surface area contributed by atoms with Crippen LogP contribution in [0, 0.1) is 5.92 Å². The van der Waals surface area contributed by atoms with E-state index in [1.165, 1.54) is 5.69 Å². The standard InChI is InChI=1S/C18H26N2O2/c1-19(18(22)16-10-5-11-17(16)21)15-9-6-12-20(13-15)14-7-3-2-4-8-14/h2-4,7-8,15-17,21H,5-6,9-13H2,1H3. The SMILES string of the molecule is CN(C(=O)C1CCCC1O)C1CCCN(c2ccccc2)C1. The van der Waals surface area contributed by atoms with E-state index in [0.717, 1.165) is 45.2 Å². The molecule has 1 aromatic rings. The lowest BCUT2D eigenvalue weighted by atomic mass is 9.99. The van der Waals surface area contributed by atoms with E-state index >= 15 is 0 Å². The fourth-order valence-corrected chi connectivity index (χ4v) is 3.81. The first kappa shape index (κ1) is 15.3. The molecule has 4 heteroatoms. The molecule has 3 unspecified atom stereocenters. The Bertz CT molecular complexity index is 505. The summed E-state index contributed by atoms with van der Waals surface area (Å²) in [5.41, 5.74) is 1.23. The third-order valence-electron chi connectivity index (χ3n) is 5.21. The van der Waals surface area contributed by atoms with E-state index < -0.39 is 6.10 Å². The molecule has 2 aliphatic rings. The van der Waals surface area contributed by atoms with Crippen LogP contribution in [0.25, 0.3) is 0 Å². The number of likely N-dealkylation sites (N-methyl/N-ethyl adjacent to an activating group) is 1. The second-order valence-electron chi connectivity index (χ2n) is 6.63. The van der Waals surface area contributed by atoms with Crippen molar-refractivity contribution in [1.82, 2.24) is 4.90 Å². The average Bonchev–Trinajstić information content (AvgIpc) is 3.00. The number of benzene rings is 1. The average molecular weight is 302 g/mol. The maximum Gasteiger partial charge on any atom is 0.228 e. The highest BCUT2D eigenvalue weighted by Gasteiger charge is 2.36. The second kappa shape index (κ2) is 6.69. The van der Waals surface area contributed by atoms with Gasteiger partial charge in [-0.05, 0) is 44.2 Å². The molecule has 1 heterocycles. The zero-order valence-electron chi connectivity index (χ0n) is 13.3. The molecular formula is C18H26N2O2. The molecule has 1 aliphatic carbocycles. The van der Waals surface area contributed by atoms with Gasteiger partial charge in [0.2, 0.25) is 5.91 Å². The van der Waals surface area contributed by atoms with Gasteiger partial charge in [0.05, 0.1) is 12.0 Å². The molecule has 120 valence electrons. The molecule has 4 nitrogen and oxygen atoms in total. The zero-order valence-corrected chi connectivity index (χ0v) is 13.3. The third kappa shape index (κ3) is 3.12. The minimum atomic E-state index is -0.441. The van der Waals surface area contributed by atoms with E-state index in [2.05, 4.69) is 29.2 Å². The van der Waals surface area contributed by atoms with Gasteiger partial charge in [-0.25, -0.2) is 0 Å². The van der Waals surface area contributed by atoms with E-state index in [-0.39, 0.29) is 17.9 Å². The van der Waals surface area contributed by atoms with Crippen LogP contribution in [0.15, 0.2) is 30.3 Å².